The summed E-state index contributed by atoms with van der Waals surface area (Å²) in [5.41, 5.74) is 1.56. The summed E-state index contributed by atoms with van der Waals surface area (Å²) in [7, 11) is 3.82. The molecule has 1 unspecified atom stereocenters. The van der Waals surface area contributed by atoms with Crippen molar-refractivity contribution in [3.05, 3.63) is 47.5 Å². The molecule has 0 saturated carbocycles. The lowest BCUT2D eigenvalue weighted by Crippen LogP contribution is -2.41. The molecule has 24 heavy (non-hydrogen) atoms. The summed E-state index contributed by atoms with van der Waals surface area (Å²) in [5, 5.41) is 11.7. The average molecular weight is 326 g/mol. The van der Waals surface area contributed by atoms with E-state index in [1.807, 2.05) is 25.6 Å². The Bertz CT molecular complexity index is 720. The fourth-order valence-corrected chi connectivity index (χ4v) is 3.31. The van der Waals surface area contributed by atoms with Gasteiger partial charge in [-0.1, -0.05) is 37.3 Å². The molecule has 128 valence electrons. The number of nitrogens with one attached hydrogen (secondary N) is 1. The van der Waals surface area contributed by atoms with Gasteiger partial charge in [-0.25, -0.2) is 0 Å². The lowest BCUT2D eigenvalue weighted by Gasteiger charge is -2.27. The molecule has 1 aromatic carbocycles. The standard InChI is InChI=1S/C18H26N6/c1-14-21-22-16(23(14)4)12-20-17(19-3)24-11-10-18(2,13-24)15-8-6-5-7-9-15/h5-9H,10-13H2,1-4H3,(H,19,20). The highest BCUT2D eigenvalue weighted by atomic mass is 15.3. The summed E-state index contributed by atoms with van der Waals surface area (Å²) in [6, 6.07) is 10.8. The first-order valence-corrected chi connectivity index (χ1v) is 8.39. The van der Waals surface area contributed by atoms with Crippen molar-refractivity contribution in [3.63, 3.8) is 0 Å². The van der Waals surface area contributed by atoms with E-state index in [2.05, 4.69) is 62.7 Å². The molecule has 1 aromatic heterocycles. The lowest BCUT2D eigenvalue weighted by atomic mass is 9.82. The number of aliphatic imine (C=N–C) groups is 1. The fraction of sp³-hybridized carbons (Fsp3) is 0.500. The summed E-state index contributed by atoms with van der Waals surface area (Å²) in [6.45, 7) is 6.89. The minimum Gasteiger partial charge on any atom is -0.349 e. The van der Waals surface area contributed by atoms with Gasteiger partial charge >= 0.3 is 0 Å². The van der Waals surface area contributed by atoms with E-state index >= 15 is 0 Å². The second-order valence-electron chi connectivity index (χ2n) is 6.72. The molecule has 6 nitrogen and oxygen atoms in total. The molecule has 6 heteroatoms. The van der Waals surface area contributed by atoms with E-state index in [1.54, 1.807) is 0 Å². The molecule has 0 aliphatic carbocycles. The monoisotopic (exact) mass is 326 g/mol. The molecule has 1 aliphatic rings. The van der Waals surface area contributed by atoms with Crippen molar-refractivity contribution in [1.82, 2.24) is 25.0 Å². The molecule has 1 aliphatic heterocycles. The second kappa shape index (κ2) is 6.63. The maximum absolute atomic E-state index is 4.45. The first kappa shape index (κ1) is 16.5. The van der Waals surface area contributed by atoms with Crippen LogP contribution in [-0.2, 0) is 19.0 Å². The van der Waals surface area contributed by atoms with Crippen LogP contribution in [-0.4, -0.2) is 45.8 Å². The van der Waals surface area contributed by atoms with Gasteiger partial charge < -0.3 is 14.8 Å². The summed E-state index contributed by atoms with van der Waals surface area (Å²) >= 11 is 0. The molecule has 1 atom stereocenters. The largest absolute Gasteiger partial charge is 0.349 e. The van der Waals surface area contributed by atoms with Crippen LogP contribution in [0.3, 0.4) is 0 Å². The maximum atomic E-state index is 4.45. The van der Waals surface area contributed by atoms with Crippen molar-refractivity contribution in [2.75, 3.05) is 20.1 Å². The number of rotatable bonds is 3. The molecule has 1 saturated heterocycles. The zero-order chi connectivity index (χ0) is 17.2. The first-order chi connectivity index (χ1) is 11.5. The number of hydrogen-bond donors (Lipinski definition) is 1. The smallest absolute Gasteiger partial charge is 0.194 e. The van der Waals surface area contributed by atoms with Crippen LogP contribution in [0.15, 0.2) is 35.3 Å². The van der Waals surface area contributed by atoms with Crippen LogP contribution < -0.4 is 5.32 Å². The van der Waals surface area contributed by atoms with Crippen molar-refractivity contribution in [3.8, 4) is 0 Å². The van der Waals surface area contributed by atoms with E-state index in [-0.39, 0.29) is 5.41 Å². The predicted octanol–water partition coefficient (Wildman–Crippen LogP) is 1.86. The van der Waals surface area contributed by atoms with E-state index < -0.39 is 0 Å². The second-order valence-corrected chi connectivity index (χ2v) is 6.72. The van der Waals surface area contributed by atoms with Crippen LogP contribution in [0, 0.1) is 6.92 Å². The Labute approximate surface area is 143 Å². The number of hydrogen-bond acceptors (Lipinski definition) is 3. The molecule has 0 radical (unpaired) electrons. The lowest BCUT2D eigenvalue weighted by molar-refractivity contribution is 0.437. The average Bonchev–Trinajstić information content (AvgIpc) is 3.15. The first-order valence-electron chi connectivity index (χ1n) is 8.39. The topological polar surface area (TPSA) is 58.3 Å². The molecular weight excluding hydrogens is 300 g/mol. The summed E-state index contributed by atoms with van der Waals surface area (Å²) in [4.78, 5) is 6.78. The van der Waals surface area contributed by atoms with Crippen LogP contribution in [0.1, 0.15) is 30.6 Å². The molecule has 0 bridgehead atoms. The Balaban J connectivity index is 1.66. The molecule has 0 amide bonds. The third-order valence-electron chi connectivity index (χ3n) is 5.04. The number of guanidine groups is 1. The van der Waals surface area contributed by atoms with Gasteiger partial charge in [-0.15, -0.1) is 10.2 Å². The number of aromatic nitrogens is 3. The van der Waals surface area contributed by atoms with Crippen LogP contribution >= 0.6 is 0 Å². The number of likely N-dealkylation sites (tertiary alicyclic amines) is 1. The highest BCUT2D eigenvalue weighted by Gasteiger charge is 2.36. The van der Waals surface area contributed by atoms with Crippen molar-refractivity contribution in [2.24, 2.45) is 12.0 Å². The highest BCUT2D eigenvalue weighted by Crippen LogP contribution is 2.33. The molecule has 1 fully saturated rings. The third kappa shape index (κ3) is 3.13. The van der Waals surface area contributed by atoms with Crippen LogP contribution in [0.25, 0.3) is 0 Å². The van der Waals surface area contributed by atoms with Crippen molar-refractivity contribution in [2.45, 2.75) is 32.2 Å². The van der Waals surface area contributed by atoms with Gasteiger partial charge in [0.2, 0.25) is 0 Å². The molecular formula is C18H26N6. The van der Waals surface area contributed by atoms with E-state index in [0.29, 0.717) is 6.54 Å². The van der Waals surface area contributed by atoms with Crippen molar-refractivity contribution < 1.29 is 0 Å². The normalized spacial score (nSPS) is 21.3. The van der Waals surface area contributed by atoms with Crippen molar-refractivity contribution in [1.29, 1.82) is 0 Å². The highest BCUT2D eigenvalue weighted by molar-refractivity contribution is 5.80. The van der Waals surface area contributed by atoms with Gasteiger partial charge in [0.1, 0.15) is 5.82 Å². The van der Waals surface area contributed by atoms with Crippen LogP contribution in [0.4, 0.5) is 0 Å². The van der Waals surface area contributed by atoms with E-state index in [4.69, 9.17) is 0 Å². The number of aryl methyl sites for hydroxylation is 1. The SMILES string of the molecule is CN=C(NCc1nnc(C)n1C)N1CCC(C)(c2ccccc2)C1. The minimum absolute atomic E-state index is 0.167. The fourth-order valence-electron chi connectivity index (χ4n) is 3.31. The summed E-state index contributed by atoms with van der Waals surface area (Å²) in [6.07, 6.45) is 1.13. The Kier molecular flexibility index (Phi) is 4.55. The van der Waals surface area contributed by atoms with Gasteiger partial charge in [0.05, 0.1) is 6.54 Å². The van der Waals surface area contributed by atoms with Crippen LogP contribution in [0.5, 0.6) is 0 Å². The Morgan fingerprint density at radius 3 is 2.67 bits per heavy atom. The predicted molar refractivity (Wildman–Crippen MR) is 95.9 cm³/mol. The zero-order valence-electron chi connectivity index (χ0n) is 15.0. The van der Waals surface area contributed by atoms with Gasteiger partial charge in [0.25, 0.3) is 0 Å². The summed E-state index contributed by atoms with van der Waals surface area (Å²) in [5.74, 6) is 2.76. The van der Waals surface area contributed by atoms with E-state index in [1.165, 1.54) is 5.56 Å². The van der Waals surface area contributed by atoms with E-state index in [0.717, 1.165) is 37.1 Å². The van der Waals surface area contributed by atoms with Gasteiger partial charge in [-0.2, -0.15) is 0 Å². The van der Waals surface area contributed by atoms with Gasteiger partial charge in [0, 0.05) is 32.6 Å². The molecule has 2 aromatic rings. The molecule has 3 rings (SSSR count). The van der Waals surface area contributed by atoms with Crippen molar-refractivity contribution >= 4 is 5.96 Å². The molecule has 2 heterocycles. The minimum atomic E-state index is 0.167. The Morgan fingerprint density at radius 2 is 2.04 bits per heavy atom. The van der Waals surface area contributed by atoms with E-state index in [9.17, 15) is 0 Å². The molecule has 0 spiro atoms. The Morgan fingerprint density at radius 1 is 1.29 bits per heavy atom. The number of nitrogens with zero attached hydrogens (tertiary/aromatic N) is 5. The van der Waals surface area contributed by atoms with Crippen LogP contribution in [0.2, 0.25) is 0 Å². The summed E-state index contributed by atoms with van der Waals surface area (Å²) < 4.78 is 2.00. The zero-order valence-corrected chi connectivity index (χ0v) is 15.0. The third-order valence-corrected chi connectivity index (χ3v) is 5.04. The quantitative estimate of drug-likeness (QED) is 0.691. The maximum Gasteiger partial charge on any atom is 0.194 e. The van der Waals surface area contributed by atoms with Gasteiger partial charge in [0.15, 0.2) is 11.8 Å². The molecule has 1 N–H and O–H groups in total. The number of benzene rings is 1. The van der Waals surface area contributed by atoms with Gasteiger partial charge in [-0.05, 0) is 18.9 Å². The van der Waals surface area contributed by atoms with Gasteiger partial charge in [-0.3, -0.25) is 4.99 Å². The Hall–Kier alpha value is -2.37.